The van der Waals surface area contributed by atoms with E-state index in [2.05, 4.69) is 33.2 Å². The Labute approximate surface area is 96.2 Å². The lowest BCUT2D eigenvalue weighted by atomic mass is 10.3. The maximum absolute atomic E-state index is 5.29. The lowest BCUT2D eigenvalue weighted by Crippen LogP contribution is -1.95. The van der Waals surface area contributed by atoms with Crippen LogP contribution in [0.4, 0.5) is 0 Å². The molecule has 0 aromatic carbocycles. The van der Waals surface area contributed by atoms with Crippen LogP contribution >= 0.6 is 15.9 Å². The van der Waals surface area contributed by atoms with Crippen molar-refractivity contribution in [1.29, 1.82) is 0 Å². The van der Waals surface area contributed by atoms with Gasteiger partial charge in [0.25, 0.3) is 0 Å². The minimum Gasteiger partial charge on any atom is -0.481 e. The van der Waals surface area contributed by atoms with E-state index in [9.17, 15) is 0 Å². The Morgan fingerprint density at radius 3 is 2.87 bits per heavy atom. The molecule has 0 atom stereocenters. The molecule has 0 saturated heterocycles. The van der Waals surface area contributed by atoms with Gasteiger partial charge in [-0.1, -0.05) is 15.9 Å². The molecule has 2 aromatic heterocycles. The number of aromatic nitrogens is 2. The van der Waals surface area contributed by atoms with Crippen LogP contribution in [0.25, 0.3) is 5.52 Å². The molecular weight excluding hydrogens is 256 g/mol. The van der Waals surface area contributed by atoms with Crippen LogP contribution in [0, 0.1) is 0 Å². The first-order valence-electron chi connectivity index (χ1n) is 5.01. The normalized spacial score (nSPS) is 15.9. The molecule has 0 unspecified atom stereocenters. The summed E-state index contributed by atoms with van der Waals surface area (Å²) in [5.41, 5.74) is 2.27. The van der Waals surface area contributed by atoms with Gasteiger partial charge in [0.05, 0.1) is 18.3 Å². The summed E-state index contributed by atoms with van der Waals surface area (Å²) in [6.07, 6.45) is 2.54. The summed E-state index contributed by atoms with van der Waals surface area (Å²) in [6, 6.07) is 6.13. The molecule has 78 valence electrons. The minimum absolute atomic E-state index is 0.674. The molecule has 0 bridgehead atoms. The number of methoxy groups -OCH3 is 1. The number of rotatable bonds is 2. The van der Waals surface area contributed by atoms with Crippen molar-refractivity contribution in [2.75, 3.05) is 7.11 Å². The second-order valence-corrected chi connectivity index (χ2v) is 4.81. The van der Waals surface area contributed by atoms with E-state index >= 15 is 0 Å². The van der Waals surface area contributed by atoms with Gasteiger partial charge >= 0.3 is 0 Å². The van der Waals surface area contributed by atoms with Crippen LogP contribution in [0.5, 0.6) is 5.88 Å². The number of fused-ring (bicyclic) bond motifs is 1. The molecule has 2 heterocycles. The first-order valence-corrected chi connectivity index (χ1v) is 5.80. The second-order valence-electron chi connectivity index (χ2n) is 3.90. The van der Waals surface area contributed by atoms with Gasteiger partial charge in [-0.05, 0) is 25.0 Å². The van der Waals surface area contributed by atoms with E-state index in [1.165, 1.54) is 18.5 Å². The smallest absolute Gasteiger partial charge is 0.215 e. The van der Waals surface area contributed by atoms with Crippen molar-refractivity contribution < 1.29 is 4.74 Å². The van der Waals surface area contributed by atoms with Crippen molar-refractivity contribution in [2.24, 2.45) is 0 Å². The van der Waals surface area contributed by atoms with Gasteiger partial charge in [0.1, 0.15) is 0 Å². The Kier molecular flexibility index (Phi) is 1.99. The van der Waals surface area contributed by atoms with Crippen LogP contribution < -0.4 is 4.74 Å². The Hall–Kier alpha value is -1.03. The Bertz CT molecular complexity index is 517. The molecule has 2 aromatic rings. The molecular formula is C11H11BrN2O. The molecule has 0 radical (unpaired) electrons. The second kappa shape index (κ2) is 3.23. The SMILES string of the molecule is COc1cc(Br)cc2cc(C3CC3)nn12. The number of ether oxygens (including phenoxy) is 1. The van der Waals surface area contributed by atoms with Crippen LogP contribution in [0.3, 0.4) is 0 Å². The van der Waals surface area contributed by atoms with Crippen molar-refractivity contribution in [3.8, 4) is 5.88 Å². The highest BCUT2D eigenvalue weighted by Crippen LogP contribution is 2.40. The van der Waals surface area contributed by atoms with E-state index in [-0.39, 0.29) is 0 Å². The molecule has 1 fully saturated rings. The standard InChI is InChI=1S/C11H11BrN2O/c1-15-11-5-8(12)4-9-6-10(7-2-3-7)13-14(9)11/h4-7H,2-3H2,1H3. The average molecular weight is 267 g/mol. The van der Waals surface area contributed by atoms with Gasteiger partial charge in [-0.3, -0.25) is 0 Å². The van der Waals surface area contributed by atoms with Gasteiger partial charge in [0, 0.05) is 16.5 Å². The van der Waals surface area contributed by atoms with E-state index in [0.29, 0.717) is 5.92 Å². The molecule has 3 rings (SSSR count). The van der Waals surface area contributed by atoms with Crippen LogP contribution in [0.15, 0.2) is 22.7 Å². The Morgan fingerprint density at radius 2 is 2.20 bits per heavy atom. The third-order valence-electron chi connectivity index (χ3n) is 2.72. The molecule has 0 aliphatic heterocycles. The lowest BCUT2D eigenvalue weighted by Gasteiger charge is -2.03. The highest BCUT2D eigenvalue weighted by molar-refractivity contribution is 9.10. The lowest BCUT2D eigenvalue weighted by molar-refractivity contribution is 0.385. The summed E-state index contributed by atoms with van der Waals surface area (Å²) < 4.78 is 8.17. The predicted molar refractivity (Wildman–Crippen MR) is 61.4 cm³/mol. The first-order chi connectivity index (χ1) is 7.28. The summed E-state index contributed by atoms with van der Waals surface area (Å²) >= 11 is 3.46. The molecule has 1 aliphatic carbocycles. The molecule has 1 saturated carbocycles. The molecule has 15 heavy (non-hydrogen) atoms. The van der Waals surface area contributed by atoms with Crippen molar-refractivity contribution >= 4 is 21.4 Å². The fourth-order valence-corrected chi connectivity index (χ4v) is 2.21. The number of hydrogen-bond acceptors (Lipinski definition) is 2. The minimum atomic E-state index is 0.674. The van der Waals surface area contributed by atoms with E-state index in [1.807, 2.05) is 10.6 Å². The Balaban J connectivity index is 2.23. The molecule has 0 amide bonds. The monoisotopic (exact) mass is 266 g/mol. The van der Waals surface area contributed by atoms with Gasteiger partial charge in [-0.2, -0.15) is 5.10 Å². The number of pyridine rings is 1. The number of hydrogen-bond donors (Lipinski definition) is 0. The van der Waals surface area contributed by atoms with Crippen molar-refractivity contribution in [3.63, 3.8) is 0 Å². The van der Waals surface area contributed by atoms with Gasteiger partial charge in [0.2, 0.25) is 5.88 Å². The summed E-state index contributed by atoms with van der Waals surface area (Å²) in [5.74, 6) is 1.44. The third kappa shape index (κ3) is 1.53. The zero-order chi connectivity index (χ0) is 10.4. The zero-order valence-corrected chi connectivity index (χ0v) is 9.99. The van der Waals surface area contributed by atoms with E-state index < -0.39 is 0 Å². The van der Waals surface area contributed by atoms with Crippen molar-refractivity contribution in [1.82, 2.24) is 9.61 Å². The molecule has 4 heteroatoms. The zero-order valence-electron chi connectivity index (χ0n) is 8.40. The van der Waals surface area contributed by atoms with Crippen LogP contribution in [0.2, 0.25) is 0 Å². The predicted octanol–water partition coefficient (Wildman–Crippen LogP) is 2.98. The van der Waals surface area contributed by atoms with E-state index in [0.717, 1.165) is 15.9 Å². The fourth-order valence-electron chi connectivity index (χ4n) is 1.78. The highest BCUT2D eigenvalue weighted by Gasteiger charge is 2.26. The third-order valence-corrected chi connectivity index (χ3v) is 3.17. The highest BCUT2D eigenvalue weighted by atomic mass is 79.9. The Morgan fingerprint density at radius 1 is 1.40 bits per heavy atom. The quantitative estimate of drug-likeness (QED) is 0.836. The van der Waals surface area contributed by atoms with Crippen molar-refractivity contribution in [3.05, 3.63) is 28.4 Å². The van der Waals surface area contributed by atoms with Crippen molar-refractivity contribution in [2.45, 2.75) is 18.8 Å². The molecule has 3 nitrogen and oxygen atoms in total. The molecule has 0 spiro atoms. The first kappa shape index (κ1) is 9.21. The van der Waals surface area contributed by atoms with Gasteiger partial charge < -0.3 is 4.74 Å². The number of nitrogens with zero attached hydrogens (tertiary/aromatic N) is 2. The molecule has 1 aliphatic rings. The van der Waals surface area contributed by atoms with Crippen LogP contribution in [0.1, 0.15) is 24.5 Å². The topological polar surface area (TPSA) is 26.5 Å². The number of halogens is 1. The largest absolute Gasteiger partial charge is 0.481 e. The summed E-state index contributed by atoms with van der Waals surface area (Å²) in [7, 11) is 1.67. The summed E-state index contributed by atoms with van der Waals surface area (Å²) in [5, 5.41) is 4.56. The van der Waals surface area contributed by atoms with Gasteiger partial charge in [-0.15, -0.1) is 0 Å². The van der Waals surface area contributed by atoms with Gasteiger partial charge in [0.15, 0.2) is 0 Å². The summed E-state index contributed by atoms with van der Waals surface area (Å²) in [4.78, 5) is 0. The van der Waals surface area contributed by atoms with E-state index in [4.69, 9.17) is 4.74 Å². The van der Waals surface area contributed by atoms with E-state index in [1.54, 1.807) is 7.11 Å². The average Bonchev–Trinajstić information content (AvgIpc) is 2.98. The van der Waals surface area contributed by atoms with Crippen LogP contribution in [-0.2, 0) is 0 Å². The van der Waals surface area contributed by atoms with Gasteiger partial charge in [-0.25, -0.2) is 4.52 Å². The maximum Gasteiger partial charge on any atom is 0.215 e. The fraction of sp³-hybridized carbons (Fsp3) is 0.364. The molecule has 0 N–H and O–H groups in total. The van der Waals surface area contributed by atoms with Crippen LogP contribution in [-0.4, -0.2) is 16.7 Å². The maximum atomic E-state index is 5.29. The summed E-state index contributed by atoms with van der Waals surface area (Å²) in [6.45, 7) is 0.